The summed E-state index contributed by atoms with van der Waals surface area (Å²) in [5, 5.41) is 8.87. The molecule has 2 fully saturated rings. The molecule has 0 aromatic rings. The summed E-state index contributed by atoms with van der Waals surface area (Å²) in [5.41, 5.74) is 5.56. The first-order valence-electron chi connectivity index (χ1n) is 5.83. The van der Waals surface area contributed by atoms with E-state index in [4.69, 9.17) is 10.8 Å². The number of carboxylic acid groups (broad SMARTS) is 1. The summed E-state index contributed by atoms with van der Waals surface area (Å²) in [4.78, 5) is 24.3. The smallest absolute Gasteiger partial charge is 0.305 e. The van der Waals surface area contributed by atoms with Gasteiger partial charge in [-0.2, -0.15) is 0 Å². The van der Waals surface area contributed by atoms with Crippen LogP contribution in [0.1, 0.15) is 25.7 Å². The molecule has 0 aromatic heterocycles. The fourth-order valence-electron chi connectivity index (χ4n) is 2.48. The summed E-state index contributed by atoms with van der Waals surface area (Å²) in [5.74, 6) is -0.131. The van der Waals surface area contributed by atoms with E-state index in [1.54, 1.807) is 4.90 Å². The number of rotatable bonds is 5. The second kappa shape index (κ2) is 4.41. The van der Waals surface area contributed by atoms with Crippen LogP contribution in [0.15, 0.2) is 0 Å². The number of likely N-dealkylation sites (tertiary alicyclic amines) is 1. The predicted molar refractivity (Wildman–Crippen MR) is 57.6 cm³/mol. The Balaban J connectivity index is 2.02. The average Bonchev–Trinajstić information content (AvgIpc) is 2.99. The number of aliphatic carboxylic acids is 1. The van der Waals surface area contributed by atoms with E-state index in [-0.39, 0.29) is 24.3 Å². The summed E-state index contributed by atoms with van der Waals surface area (Å²) in [7, 11) is 0. The van der Waals surface area contributed by atoms with E-state index in [1.807, 2.05) is 0 Å². The number of carbonyl (C=O) groups is 2. The predicted octanol–water partition coefficient (Wildman–Crippen LogP) is 0.0469. The zero-order valence-electron chi connectivity index (χ0n) is 9.26. The second-order valence-electron chi connectivity index (χ2n) is 4.85. The highest BCUT2D eigenvalue weighted by Gasteiger charge is 2.42. The van der Waals surface area contributed by atoms with E-state index in [0.717, 1.165) is 12.8 Å². The molecule has 2 rings (SSSR count). The Kier molecular flexibility index (Phi) is 3.14. The number of hydrogen-bond donors (Lipinski definition) is 2. The summed E-state index contributed by atoms with van der Waals surface area (Å²) in [6.45, 7) is 1.15. The molecule has 1 aliphatic carbocycles. The third kappa shape index (κ3) is 2.35. The molecule has 5 nitrogen and oxygen atoms in total. The van der Waals surface area contributed by atoms with Crippen molar-refractivity contribution in [1.29, 1.82) is 0 Å². The van der Waals surface area contributed by atoms with E-state index < -0.39 is 5.97 Å². The lowest BCUT2D eigenvalue weighted by atomic mass is 10.1. The van der Waals surface area contributed by atoms with E-state index in [1.165, 1.54) is 0 Å². The summed E-state index contributed by atoms with van der Waals surface area (Å²) in [6.07, 6.45) is 2.66. The van der Waals surface area contributed by atoms with Crippen molar-refractivity contribution in [3.05, 3.63) is 0 Å². The lowest BCUT2D eigenvalue weighted by Crippen LogP contribution is -2.40. The van der Waals surface area contributed by atoms with Gasteiger partial charge in [-0.15, -0.1) is 0 Å². The van der Waals surface area contributed by atoms with Crippen molar-refractivity contribution < 1.29 is 14.7 Å². The third-order valence-electron chi connectivity index (χ3n) is 3.52. The first-order chi connectivity index (χ1) is 7.61. The van der Waals surface area contributed by atoms with Gasteiger partial charge in [-0.1, -0.05) is 0 Å². The number of amides is 1. The molecule has 5 heteroatoms. The van der Waals surface area contributed by atoms with Gasteiger partial charge < -0.3 is 15.7 Å². The average molecular weight is 226 g/mol. The Labute approximate surface area is 94.6 Å². The largest absolute Gasteiger partial charge is 0.481 e. The van der Waals surface area contributed by atoms with Crippen LogP contribution in [0.4, 0.5) is 0 Å². The van der Waals surface area contributed by atoms with Gasteiger partial charge in [0, 0.05) is 19.0 Å². The Bertz CT molecular complexity index is 302. The fraction of sp³-hybridized carbons (Fsp3) is 0.818. The van der Waals surface area contributed by atoms with E-state index >= 15 is 0 Å². The monoisotopic (exact) mass is 226 g/mol. The molecule has 3 N–H and O–H groups in total. The Hall–Kier alpha value is -1.10. The Morgan fingerprint density at radius 1 is 1.56 bits per heavy atom. The third-order valence-corrected chi connectivity index (χ3v) is 3.52. The highest BCUT2D eigenvalue weighted by Crippen LogP contribution is 2.38. The number of carboxylic acids is 1. The molecule has 1 amide bonds. The summed E-state index contributed by atoms with van der Waals surface area (Å²) < 4.78 is 0. The quantitative estimate of drug-likeness (QED) is 0.693. The second-order valence-corrected chi connectivity index (χ2v) is 4.85. The highest BCUT2D eigenvalue weighted by atomic mass is 16.4. The molecule has 1 saturated carbocycles. The van der Waals surface area contributed by atoms with Gasteiger partial charge in [-0.25, -0.2) is 0 Å². The van der Waals surface area contributed by atoms with Crippen molar-refractivity contribution in [3.8, 4) is 0 Å². The van der Waals surface area contributed by atoms with Crippen LogP contribution in [0.3, 0.4) is 0 Å². The lowest BCUT2D eigenvalue weighted by Gasteiger charge is -2.27. The van der Waals surface area contributed by atoms with Gasteiger partial charge in [-0.05, 0) is 31.2 Å². The van der Waals surface area contributed by atoms with Crippen molar-refractivity contribution in [1.82, 2.24) is 4.90 Å². The molecule has 2 aliphatic rings. The van der Waals surface area contributed by atoms with Gasteiger partial charge in [0.1, 0.15) is 0 Å². The SMILES string of the molecule is NCC1CC(=O)N(C(CC(=O)O)C2CC2)C1. The summed E-state index contributed by atoms with van der Waals surface area (Å²) >= 11 is 0. The first-order valence-corrected chi connectivity index (χ1v) is 5.83. The van der Waals surface area contributed by atoms with Gasteiger partial charge >= 0.3 is 5.97 Å². The van der Waals surface area contributed by atoms with Gasteiger partial charge in [0.25, 0.3) is 0 Å². The molecule has 0 bridgehead atoms. The van der Waals surface area contributed by atoms with Crippen LogP contribution >= 0.6 is 0 Å². The molecular weight excluding hydrogens is 208 g/mol. The van der Waals surface area contributed by atoms with Crippen molar-refractivity contribution in [2.24, 2.45) is 17.6 Å². The zero-order valence-corrected chi connectivity index (χ0v) is 9.26. The maximum atomic E-state index is 11.8. The van der Waals surface area contributed by atoms with Crippen LogP contribution < -0.4 is 5.73 Å². The molecule has 2 atom stereocenters. The van der Waals surface area contributed by atoms with Crippen molar-refractivity contribution >= 4 is 11.9 Å². The molecule has 0 radical (unpaired) electrons. The molecule has 2 unspecified atom stereocenters. The maximum absolute atomic E-state index is 11.8. The minimum absolute atomic E-state index is 0.0771. The van der Waals surface area contributed by atoms with Crippen LogP contribution in [0.25, 0.3) is 0 Å². The Morgan fingerprint density at radius 3 is 2.69 bits per heavy atom. The van der Waals surface area contributed by atoms with Crippen molar-refractivity contribution in [3.63, 3.8) is 0 Å². The lowest BCUT2D eigenvalue weighted by molar-refractivity contribution is -0.140. The van der Waals surface area contributed by atoms with Gasteiger partial charge in [-0.3, -0.25) is 9.59 Å². The highest BCUT2D eigenvalue weighted by molar-refractivity contribution is 5.80. The van der Waals surface area contributed by atoms with E-state index in [0.29, 0.717) is 25.4 Å². The number of hydrogen-bond acceptors (Lipinski definition) is 3. The fourth-order valence-corrected chi connectivity index (χ4v) is 2.48. The van der Waals surface area contributed by atoms with Gasteiger partial charge in [0.15, 0.2) is 0 Å². The van der Waals surface area contributed by atoms with Gasteiger partial charge in [0.05, 0.1) is 6.42 Å². The van der Waals surface area contributed by atoms with E-state index in [2.05, 4.69) is 0 Å². The summed E-state index contributed by atoms with van der Waals surface area (Å²) in [6, 6.07) is -0.0958. The van der Waals surface area contributed by atoms with Crippen LogP contribution in [-0.4, -0.2) is 41.0 Å². The van der Waals surface area contributed by atoms with Crippen molar-refractivity contribution in [2.45, 2.75) is 31.7 Å². The molecular formula is C11H18N2O3. The van der Waals surface area contributed by atoms with Crippen LogP contribution in [-0.2, 0) is 9.59 Å². The molecule has 90 valence electrons. The van der Waals surface area contributed by atoms with Crippen molar-refractivity contribution in [2.75, 3.05) is 13.1 Å². The number of nitrogens with two attached hydrogens (primary N) is 1. The maximum Gasteiger partial charge on any atom is 0.305 e. The van der Waals surface area contributed by atoms with Gasteiger partial charge in [0.2, 0.25) is 5.91 Å². The molecule has 0 spiro atoms. The van der Waals surface area contributed by atoms with Crippen LogP contribution in [0.2, 0.25) is 0 Å². The Morgan fingerprint density at radius 2 is 2.25 bits per heavy atom. The molecule has 1 saturated heterocycles. The van der Waals surface area contributed by atoms with Crippen LogP contribution in [0, 0.1) is 11.8 Å². The molecule has 0 aromatic carbocycles. The molecule has 1 heterocycles. The topological polar surface area (TPSA) is 83.6 Å². The number of carbonyl (C=O) groups excluding carboxylic acids is 1. The van der Waals surface area contributed by atoms with Crippen LogP contribution in [0.5, 0.6) is 0 Å². The molecule has 1 aliphatic heterocycles. The molecule has 16 heavy (non-hydrogen) atoms. The number of nitrogens with zero attached hydrogens (tertiary/aromatic N) is 1. The first kappa shape index (κ1) is 11.4. The zero-order chi connectivity index (χ0) is 11.7. The minimum Gasteiger partial charge on any atom is -0.481 e. The van der Waals surface area contributed by atoms with E-state index in [9.17, 15) is 9.59 Å². The minimum atomic E-state index is -0.819. The normalized spacial score (nSPS) is 27.2. The standard InChI is InChI=1S/C11H18N2O3/c12-5-7-3-10(14)13(6-7)9(4-11(15)16)8-1-2-8/h7-9H,1-6,12H2,(H,15,16).